The maximum absolute atomic E-state index is 12.2. The van der Waals surface area contributed by atoms with Gasteiger partial charge in [-0.2, -0.15) is 0 Å². The molecule has 70 heavy (non-hydrogen) atoms. The molecule has 0 saturated heterocycles. The van der Waals surface area contributed by atoms with Gasteiger partial charge in [-0.15, -0.1) is 0 Å². The Kier molecular flexibility index (Phi) is 45.6. The van der Waals surface area contributed by atoms with Crippen LogP contribution in [0.3, 0.4) is 0 Å². The Morgan fingerprint density at radius 1 is 0.286 bits per heavy atom. The van der Waals surface area contributed by atoms with Crippen molar-refractivity contribution in [1.82, 2.24) is 0 Å². The van der Waals surface area contributed by atoms with Gasteiger partial charge in [-0.25, -0.2) is 0 Å². The lowest BCUT2D eigenvalue weighted by atomic mass is 10.0. The van der Waals surface area contributed by atoms with Crippen LogP contribution < -0.4 is 0 Å². The fraction of sp³-hybridized carbons (Fsp3) is 0.662. The van der Waals surface area contributed by atoms with Crippen molar-refractivity contribution in [3.8, 4) is 0 Å². The smallest absolute Gasteiger partial charge is 0.306 e. The van der Waals surface area contributed by atoms with Crippen LogP contribution in [0.1, 0.15) is 289 Å². The molecule has 0 saturated carbocycles. The normalized spacial score (nSPS) is 14.1. The lowest BCUT2D eigenvalue weighted by Gasteiger charge is -2.05. The molecule has 0 aromatic carbocycles. The van der Waals surface area contributed by atoms with Gasteiger partial charge in [-0.3, -0.25) is 4.79 Å². The first-order chi connectivity index (χ1) is 33.7. The molecule has 0 spiro atoms. The second-order valence-corrected chi connectivity index (χ2v) is 21.6. The Balaban J connectivity index is 4.13. The second-order valence-electron chi connectivity index (χ2n) is 21.6. The van der Waals surface area contributed by atoms with Crippen molar-refractivity contribution in [2.45, 2.75) is 289 Å². The topological polar surface area (TPSA) is 26.3 Å². The van der Waals surface area contributed by atoms with Gasteiger partial charge in [-0.05, 0) is 230 Å². The summed E-state index contributed by atoms with van der Waals surface area (Å²) < 4.78 is 5.49. The summed E-state index contributed by atoms with van der Waals surface area (Å²) in [4.78, 5) is 12.2. The van der Waals surface area contributed by atoms with Crippen molar-refractivity contribution in [2.75, 3.05) is 6.61 Å². The van der Waals surface area contributed by atoms with Crippen molar-refractivity contribution in [3.05, 3.63) is 129 Å². The van der Waals surface area contributed by atoms with Crippen molar-refractivity contribution in [3.63, 3.8) is 0 Å². The Morgan fingerprint density at radius 2 is 0.543 bits per heavy atom. The standard InChI is InChI=1S/C68H114O2/c1-13-14-15-16-17-18-19-20-21-22-23-24-25-26-27-55-68(69)70-57-56-67(12)54-36-53-66(11)52-35-51-65(10)50-34-49-64(9)48-33-47-63(8)46-32-45-62(7)44-31-43-61(6)42-30-41-60(5)40-29-39-59(4)38-28-37-58(2)3/h23-24,37,39,41,43,45,47,49,51,53,56H,13-22,25-36,38,40,42,44,46,48,50,52,54-55,57H2,1-12H3/b24-23-,59-39+,60-41-,61-43+,62-45-,63-47+,64-49-,65-51-,66-53+,67-56-. The van der Waals surface area contributed by atoms with E-state index in [0.717, 1.165) is 103 Å². The number of unbranched alkanes of at least 4 members (excludes halogenated alkanes) is 11. The van der Waals surface area contributed by atoms with Crippen LogP contribution in [0, 0.1) is 0 Å². The highest BCUT2D eigenvalue weighted by molar-refractivity contribution is 5.69. The van der Waals surface area contributed by atoms with E-state index in [-0.39, 0.29) is 5.97 Å². The summed E-state index contributed by atoms with van der Waals surface area (Å²) in [6.45, 7) is 27.5. The number of hydrogen-bond acceptors (Lipinski definition) is 2. The van der Waals surface area contributed by atoms with E-state index in [1.54, 1.807) is 0 Å². The van der Waals surface area contributed by atoms with Gasteiger partial charge < -0.3 is 4.74 Å². The minimum Gasteiger partial charge on any atom is -0.461 e. The minimum absolute atomic E-state index is 0.0681. The molecule has 2 heteroatoms. The highest BCUT2D eigenvalue weighted by Gasteiger charge is 2.02. The zero-order chi connectivity index (χ0) is 51.9. The summed E-state index contributed by atoms with van der Waals surface area (Å²) in [5, 5.41) is 0. The van der Waals surface area contributed by atoms with E-state index in [9.17, 15) is 4.79 Å². The molecule has 0 fully saturated rings. The zero-order valence-corrected chi connectivity index (χ0v) is 48.6. The van der Waals surface area contributed by atoms with E-state index < -0.39 is 0 Å². The monoisotopic (exact) mass is 963 g/mol. The first-order valence-electron chi connectivity index (χ1n) is 29.1. The molecule has 0 aliphatic heterocycles. The van der Waals surface area contributed by atoms with Crippen LogP contribution in [0.25, 0.3) is 0 Å². The Morgan fingerprint density at radius 3 is 0.843 bits per heavy atom. The molecular formula is C68H114O2. The van der Waals surface area contributed by atoms with Gasteiger partial charge >= 0.3 is 5.97 Å². The van der Waals surface area contributed by atoms with Crippen LogP contribution in [-0.2, 0) is 9.53 Å². The molecule has 0 atom stereocenters. The first-order valence-corrected chi connectivity index (χ1v) is 29.1. The molecule has 0 heterocycles. The van der Waals surface area contributed by atoms with E-state index in [1.165, 1.54) is 152 Å². The number of carbonyl (C=O) groups is 1. The van der Waals surface area contributed by atoms with Crippen molar-refractivity contribution < 1.29 is 9.53 Å². The number of hydrogen-bond donors (Lipinski definition) is 0. The zero-order valence-electron chi connectivity index (χ0n) is 48.6. The van der Waals surface area contributed by atoms with E-state index >= 15 is 0 Å². The lowest BCUT2D eigenvalue weighted by Crippen LogP contribution is -2.04. The minimum atomic E-state index is -0.0681. The van der Waals surface area contributed by atoms with Gasteiger partial charge in [0.1, 0.15) is 6.61 Å². The summed E-state index contributed by atoms with van der Waals surface area (Å²) in [5.74, 6) is -0.0681. The van der Waals surface area contributed by atoms with Gasteiger partial charge in [0.25, 0.3) is 0 Å². The highest BCUT2D eigenvalue weighted by Crippen LogP contribution is 2.19. The Bertz CT molecular complexity index is 1680. The predicted molar refractivity (Wildman–Crippen MR) is 317 cm³/mol. The molecule has 0 amide bonds. The molecule has 0 N–H and O–H groups in total. The average Bonchev–Trinajstić information content (AvgIpc) is 3.30. The molecular weight excluding hydrogens is 849 g/mol. The highest BCUT2D eigenvalue weighted by atomic mass is 16.5. The van der Waals surface area contributed by atoms with E-state index in [4.69, 9.17) is 4.74 Å². The molecule has 0 unspecified atom stereocenters. The third kappa shape index (κ3) is 48.2. The number of ether oxygens (including phenoxy) is 1. The van der Waals surface area contributed by atoms with Crippen molar-refractivity contribution in [1.29, 1.82) is 0 Å². The molecule has 0 bridgehead atoms. The largest absolute Gasteiger partial charge is 0.461 e. The van der Waals surface area contributed by atoms with Crippen LogP contribution in [0.4, 0.5) is 0 Å². The lowest BCUT2D eigenvalue weighted by molar-refractivity contribution is -0.142. The summed E-state index contributed by atoms with van der Waals surface area (Å²) in [6.07, 6.45) is 66.4. The summed E-state index contributed by atoms with van der Waals surface area (Å²) in [5.41, 5.74) is 14.8. The van der Waals surface area contributed by atoms with Crippen LogP contribution >= 0.6 is 0 Å². The maximum atomic E-state index is 12.2. The van der Waals surface area contributed by atoms with E-state index in [2.05, 4.69) is 156 Å². The van der Waals surface area contributed by atoms with Crippen LogP contribution in [0.15, 0.2) is 129 Å². The molecule has 2 nitrogen and oxygen atoms in total. The molecule has 0 radical (unpaired) electrons. The number of esters is 1. The molecule has 398 valence electrons. The van der Waals surface area contributed by atoms with Crippen LogP contribution in [0.2, 0.25) is 0 Å². The fourth-order valence-electron chi connectivity index (χ4n) is 8.57. The van der Waals surface area contributed by atoms with E-state index in [0.29, 0.717) is 13.0 Å². The van der Waals surface area contributed by atoms with Crippen molar-refractivity contribution in [2.24, 2.45) is 0 Å². The first kappa shape index (κ1) is 66.6. The summed E-state index contributed by atoms with van der Waals surface area (Å²) in [7, 11) is 0. The maximum Gasteiger partial charge on any atom is 0.306 e. The van der Waals surface area contributed by atoms with Gasteiger partial charge in [0.2, 0.25) is 0 Å². The quantitative estimate of drug-likeness (QED) is 0.0346. The van der Waals surface area contributed by atoms with E-state index in [1.807, 2.05) is 0 Å². The SMILES string of the molecule is CCCCCCCCCCC/C=C\CCCCC(=O)OC/C=C(/C)CC/C=C(\C)CC/C=C(/C)CC/C=C(/C)CC/C=C(\C)CC/C=C(/C)CC/C=C(\C)CC/C=C(/C)CC/C=C(\C)CCC=C(C)C. The molecule has 0 aromatic rings. The van der Waals surface area contributed by atoms with Gasteiger partial charge in [0.15, 0.2) is 0 Å². The molecule has 0 aliphatic rings. The number of carbonyl (C=O) groups excluding carboxylic acids is 1. The third-order valence-corrected chi connectivity index (χ3v) is 13.7. The predicted octanol–water partition coefficient (Wildman–Crippen LogP) is 23.1. The Hall–Kier alpha value is -3.39. The Labute approximate surface area is 437 Å². The number of allylic oxidation sites excluding steroid dienone is 21. The summed E-state index contributed by atoms with van der Waals surface area (Å²) >= 11 is 0. The molecule has 0 aromatic heterocycles. The van der Waals surface area contributed by atoms with Gasteiger partial charge in [0, 0.05) is 6.42 Å². The number of rotatable bonds is 44. The average molecular weight is 964 g/mol. The summed E-state index contributed by atoms with van der Waals surface area (Å²) in [6, 6.07) is 0. The van der Waals surface area contributed by atoms with Crippen molar-refractivity contribution >= 4 is 5.97 Å². The third-order valence-electron chi connectivity index (χ3n) is 13.7. The van der Waals surface area contributed by atoms with Crippen LogP contribution in [-0.4, -0.2) is 12.6 Å². The van der Waals surface area contributed by atoms with Gasteiger partial charge in [-0.1, -0.05) is 181 Å². The molecule has 0 aliphatic carbocycles. The molecule has 0 rings (SSSR count). The van der Waals surface area contributed by atoms with Gasteiger partial charge in [0.05, 0.1) is 0 Å². The second kappa shape index (κ2) is 47.9. The van der Waals surface area contributed by atoms with Crippen LogP contribution in [0.5, 0.6) is 0 Å². The fourth-order valence-corrected chi connectivity index (χ4v) is 8.57.